The van der Waals surface area contributed by atoms with Crippen LogP contribution in [0.15, 0.2) is 23.4 Å². The molecule has 1 aromatic rings. The van der Waals surface area contributed by atoms with E-state index in [4.69, 9.17) is 11.6 Å². The molecular formula is C9H12ClFN2O2S. The van der Waals surface area contributed by atoms with Gasteiger partial charge in [0.15, 0.2) is 5.82 Å². The van der Waals surface area contributed by atoms with E-state index in [9.17, 15) is 12.8 Å². The van der Waals surface area contributed by atoms with Crippen LogP contribution < -0.4 is 4.72 Å². The fourth-order valence-electron chi connectivity index (χ4n) is 1.11. The number of halogens is 2. The van der Waals surface area contributed by atoms with Crippen LogP contribution >= 0.6 is 11.6 Å². The van der Waals surface area contributed by atoms with Gasteiger partial charge < -0.3 is 0 Å². The second-order valence-corrected chi connectivity index (χ2v) is 5.30. The number of nitrogens with one attached hydrogen (secondary N) is 1. The summed E-state index contributed by atoms with van der Waals surface area (Å²) in [6.07, 6.45) is 1.69. The molecule has 0 saturated heterocycles. The molecule has 0 aliphatic rings. The van der Waals surface area contributed by atoms with Crippen molar-refractivity contribution in [1.29, 1.82) is 0 Å². The van der Waals surface area contributed by atoms with Gasteiger partial charge in [0.05, 0.1) is 0 Å². The molecule has 16 heavy (non-hydrogen) atoms. The molecule has 0 spiro atoms. The third-order valence-electron chi connectivity index (χ3n) is 1.88. The Bertz CT molecular complexity index is 453. The van der Waals surface area contributed by atoms with Crippen molar-refractivity contribution in [2.75, 3.05) is 5.88 Å². The number of alkyl halides is 1. The monoisotopic (exact) mass is 266 g/mol. The average Bonchev–Trinajstić information content (AvgIpc) is 2.17. The molecule has 0 aliphatic heterocycles. The summed E-state index contributed by atoms with van der Waals surface area (Å²) in [5.74, 6) is -0.540. The molecule has 0 aliphatic carbocycles. The van der Waals surface area contributed by atoms with Crippen molar-refractivity contribution in [3.8, 4) is 0 Å². The van der Waals surface area contributed by atoms with Crippen molar-refractivity contribution in [3.05, 3.63) is 24.1 Å². The van der Waals surface area contributed by atoms with Gasteiger partial charge in [-0.2, -0.15) is 0 Å². The van der Waals surface area contributed by atoms with E-state index >= 15 is 0 Å². The Balaban J connectivity index is 2.91. The quantitative estimate of drug-likeness (QED) is 0.822. The van der Waals surface area contributed by atoms with Crippen molar-refractivity contribution in [1.82, 2.24) is 9.71 Å². The lowest BCUT2D eigenvalue weighted by Gasteiger charge is -2.12. The molecule has 1 unspecified atom stereocenters. The maximum Gasteiger partial charge on any atom is 0.261 e. The van der Waals surface area contributed by atoms with Crippen molar-refractivity contribution in [2.24, 2.45) is 0 Å². The summed E-state index contributed by atoms with van der Waals surface area (Å²) in [5, 5.41) is -0.587. The average molecular weight is 267 g/mol. The number of rotatable bonds is 5. The SMILES string of the molecule is CC(CCCl)NS(=O)(=O)c1ncccc1F. The molecule has 4 nitrogen and oxygen atoms in total. The molecule has 1 heterocycles. The van der Waals surface area contributed by atoms with Crippen LogP contribution in [0, 0.1) is 5.82 Å². The van der Waals surface area contributed by atoms with Crippen LogP contribution in [0.1, 0.15) is 13.3 Å². The van der Waals surface area contributed by atoms with Crippen molar-refractivity contribution in [2.45, 2.75) is 24.4 Å². The summed E-state index contributed by atoms with van der Waals surface area (Å²) in [7, 11) is -3.91. The van der Waals surface area contributed by atoms with Crippen molar-refractivity contribution < 1.29 is 12.8 Å². The summed E-state index contributed by atoms with van der Waals surface area (Å²) in [5.41, 5.74) is 0. The first-order valence-electron chi connectivity index (χ1n) is 4.66. The second kappa shape index (κ2) is 5.56. The van der Waals surface area contributed by atoms with Gasteiger partial charge in [-0.1, -0.05) is 0 Å². The van der Waals surface area contributed by atoms with Crippen LogP contribution in [0.25, 0.3) is 0 Å². The molecule has 0 radical (unpaired) electrons. The highest BCUT2D eigenvalue weighted by Gasteiger charge is 2.22. The lowest BCUT2D eigenvalue weighted by Crippen LogP contribution is -2.33. The van der Waals surface area contributed by atoms with Gasteiger partial charge in [-0.25, -0.2) is 22.5 Å². The van der Waals surface area contributed by atoms with Gasteiger partial charge in [0.1, 0.15) is 0 Å². The zero-order chi connectivity index (χ0) is 12.2. The zero-order valence-electron chi connectivity index (χ0n) is 8.65. The van der Waals surface area contributed by atoms with Gasteiger partial charge in [-0.3, -0.25) is 0 Å². The summed E-state index contributed by atoms with van der Waals surface area (Å²) in [4.78, 5) is 3.50. The number of hydrogen-bond donors (Lipinski definition) is 1. The van der Waals surface area contributed by atoms with E-state index in [0.717, 1.165) is 6.07 Å². The highest BCUT2D eigenvalue weighted by molar-refractivity contribution is 7.89. The third-order valence-corrected chi connectivity index (χ3v) is 3.62. The van der Waals surface area contributed by atoms with Crippen LogP contribution in [0.5, 0.6) is 0 Å². The summed E-state index contributed by atoms with van der Waals surface area (Å²) in [6.45, 7) is 1.65. The van der Waals surface area contributed by atoms with E-state index in [1.807, 2.05) is 0 Å². The van der Waals surface area contributed by atoms with E-state index < -0.39 is 20.9 Å². The molecule has 90 valence electrons. The fourth-order valence-corrected chi connectivity index (χ4v) is 2.72. The van der Waals surface area contributed by atoms with Gasteiger partial charge in [-0.05, 0) is 25.5 Å². The molecule has 1 rings (SSSR count). The Hall–Kier alpha value is -0.720. The molecule has 0 fully saturated rings. The molecule has 0 saturated carbocycles. The largest absolute Gasteiger partial charge is 0.261 e. The van der Waals surface area contributed by atoms with E-state index in [-0.39, 0.29) is 6.04 Å². The van der Waals surface area contributed by atoms with Crippen LogP contribution in [-0.4, -0.2) is 25.3 Å². The van der Waals surface area contributed by atoms with Crippen molar-refractivity contribution >= 4 is 21.6 Å². The minimum atomic E-state index is -3.91. The number of aromatic nitrogens is 1. The molecule has 7 heteroatoms. The first-order valence-corrected chi connectivity index (χ1v) is 6.68. The first kappa shape index (κ1) is 13.3. The molecule has 0 aromatic carbocycles. The van der Waals surface area contributed by atoms with Crippen LogP contribution in [0.4, 0.5) is 4.39 Å². The Morgan fingerprint density at radius 3 is 2.88 bits per heavy atom. The number of pyridine rings is 1. The number of hydrogen-bond acceptors (Lipinski definition) is 3. The molecule has 1 N–H and O–H groups in total. The van der Waals surface area contributed by atoms with E-state index in [1.165, 1.54) is 12.3 Å². The van der Waals surface area contributed by atoms with E-state index in [2.05, 4.69) is 9.71 Å². The fraction of sp³-hybridized carbons (Fsp3) is 0.444. The lowest BCUT2D eigenvalue weighted by molar-refractivity contribution is 0.530. The lowest BCUT2D eigenvalue weighted by atomic mass is 10.3. The first-order chi connectivity index (χ1) is 7.47. The summed E-state index contributed by atoms with van der Waals surface area (Å²) >= 11 is 5.48. The molecular weight excluding hydrogens is 255 g/mol. The van der Waals surface area contributed by atoms with Crippen molar-refractivity contribution in [3.63, 3.8) is 0 Å². The minimum absolute atomic E-state index is 0.328. The topological polar surface area (TPSA) is 59.1 Å². The van der Waals surface area contributed by atoms with Crippen LogP contribution in [0.2, 0.25) is 0 Å². The maximum atomic E-state index is 13.2. The van der Waals surface area contributed by atoms with E-state index in [1.54, 1.807) is 6.92 Å². The van der Waals surface area contributed by atoms with Gasteiger partial charge in [0.25, 0.3) is 10.0 Å². The maximum absolute atomic E-state index is 13.2. The third kappa shape index (κ3) is 3.40. The summed E-state index contributed by atoms with van der Waals surface area (Å²) in [6, 6.07) is 2.02. The number of nitrogens with zero attached hydrogens (tertiary/aromatic N) is 1. The molecule has 0 bridgehead atoms. The van der Waals surface area contributed by atoms with E-state index in [0.29, 0.717) is 12.3 Å². The predicted molar refractivity (Wildman–Crippen MR) is 59.3 cm³/mol. The Morgan fingerprint density at radius 1 is 1.62 bits per heavy atom. The van der Waals surface area contributed by atoms with Crippen LogP contribution in [-0.2, 0) is 10.0 Å². The Morgan fingerprint density at radius 2 is 2.31 bits per heavy atom. The second-order valence-electron chi connectivity index (χ2n) is 3.29. The smallest absolute Gasteiger partial charge is 0.241 e. The molecule has 0 amide bonds. The number of sulfonamides is 1. The normalized spacial score (nSPS) is 13.7. The van der Waals surface area contributed by atoms with Gasteiger partial charge >= 0.3 is 0 Å². The minimum Gasteiger partial charge on any atom is -0.241 e. The van der Waals surface area contributed by atoms with Crippen LogP contribution in [0.3, 0.4) is 0 Å². The van der Waals surface area contributed by atoms with Gasteiger partial charge in [0.2, 0.25) is 5.03 Å². The summed E-state index contributed by atoms with van der Waals surface area (Å²) < 4.78 is 38.9. The highest BCUT2D eigenvalue weighted by Crippen LogP contribution is 2.10. The highest BCUT2D eigenvalue weighted by atomic mass is 35.5. The zero-order valence-corrected chi connectivity index (χ0v) is 10.2. The predicted octanol–water partition coefficient (Wildman–Crippen LogP) is 1.52. The Kier molecular flexibility index (Phi) is 4.64. The Labute approximate surface area is 98.9 Å². The van der Waals surface area contributed by atoms with Gasteiger partial charge in [0, 0.05) is 18.1 Å². The molecule has 1 aromatic heterocycles. The standard InChI is InChI=1S/C9H12ClFN2O2S/c1-7(4-5-10)13-16(14,15)9-8(11)3-2-6-12-9/h2-3,6-7,13H,4-5H2,1H3. The molecule has 1 atom stereocenters. The van der Waals surface area contributed by atoms with Gasteiger partial charge in [-0.15, -0.1) is 11.6 Å².